The lowest BCUT2D eigenvalue weighted by Gasteiger charge is -2.00. The van der Waals surface area contributed by atoms with Crippen LogP contribution in [0.15, 0.2) is 47.2 Å². The number of hydrogen-bond acceptors (Lipinski definition) is 6. The van der Waals surface area contributed by atoms with Gasteiger partial charge in [0.15, 0.2) is 5.65 Å². The van der Waals surface area contributed by atoms with Gasteiger partial charge in [-0.25, -0.2) is 4.98 Å². The van der Waals surface area contributed by atoms with Crippen LogP contribution < -0.4 is 4.74 Å². The summed E-state index contributed by atoms with van der Waals surface area (Å²) in [4.78, 5) is 19.7. The van der Waals surface area contributed by atoms with Gasteiger partial charge in [0, 0.05) is 17.6 Å². The number of fused-ring (bicyclic) bond motifs is 2. The standard InChI is InChI=1S/C15H7ClN2O3S.ClH/c16-13(19)10-7-20-11-6-8(3-4-9(10)11)21-15-18-14-12(22-15)2-1-5-17-14;/h1-7H;1H. The van der Waals surface area contributed by atoms with E-state index >= 15 is 0 Å². The van der Waals surface area contributed by atoms with E-state index in [0.717, 1.165) is 4.70 Å². The van der Waals surface area contributed by atoms with E-state index in [9.17, 15) is 4.79 Å². The molecule has 0 N–H and O–H groups in total. The molecule has 0 bridgehead atoms. The summed E-state index contributed by atoms with van der Waals surface area (Å²) in [5.74, 6) is 0.564. The van der Waals surface area contributed by atoms with E-state index in [0.29, 0.717) is 33.1 Å². The Kier molecular flexibility index (Phi) is 4.21. The monoisotopic (exact) mass is 366 g/mol. The second-order valence-corrected chi connectivity index (χ2v) is 5.82. The summed E-state index contributed by atoms with van der Waals surface area (Å²) in [5.41, 5.74) is 1.52. The number of furan rings is 1. The van der Waals surface area contributed by atoms with Crippen molar-refractivity contribution in [2.24, 2.45) is 0 Å². The summed E-state index contributed by atoms with van der Waals surface area (Å²) in [5, 5.41) is 0.594. The number of pyridine rings is 1. The van der Waals surface area contributed by atoms with E-state index in [1.54, 1.807) is 24.4 Å². The van der Waals surface area contributed by atoms with Crippen LogP contribution in [0.5, 0.6) is 10.9 Å². The largest absolute Gasteiger partial charge is 0.463 e. The van der Waals surface area contributed by atoms with Gasteiger partial charge in [0.1, 0.15) is 17.6 Å². The van der Waals surface area contributed by atoms with E-state index in [4.69, 9.17) is 20.8 Å². The van der Waals surface area contributed by atoms with E-state index in [2.05, 4.69) is 9.97 Å². The van der Waals surface area contributed by atoms with Crippen molar-refractivity contribution in [2.75, 3.05) is 0 Å². The highest BCUT2D eigenvalue weighted by Crippen LogP contribution is 2.32. The van der Waals surface area contributed by atoms with Crippen molar-refractivity contribution in [1.29, 1.82) is 0 Å². The first-order valence-electron chi connectivity index (χ1n) is 6.31. The number of nitrogens with zero attached hydrogens (tertiary/aromatic N) is 2. The molecule has 1 aromatic carbocycles. The highest BCUT2D eigenvalue weighted by Gasteiger charge is 2.13. The van der Waals surface area contributed by atoms with Crippen LogP contribution in [0.2, 0.25) is 0 Å². The predicted molar refractivity (Wildman–Crippen MR) is 91.1 cm³/mol. The van der Waals surface area contributed by atoms with Crippen molar-refractivity contribution in [1.82, 2.24) is 9.97 Å². The van der Waals surface area contributed by atoms with Crippen LogP contribution in [0.3, 0.4) is 0 Å². The molecule has 0 amide bonds. The maximum Gasteiger partial charge on any atom is 0.281 e. The van der Waals surface area contributed by atoms with Crippen LogP contribution >= 0.6 is 35.3 Å². The predicted octanol–water partition coefficient (Wildman–Crippen LogP) is 5.03. The Labute approximate surface area is 145 Å². The van der Waals surface area contributed by atoms with Gasteiger partial charge >= 0.3 is 0 Å². The maximum absolute atomic E-state index is 11.3. The van der Waals surface area contributed by atoms with E-state index in [-0.39, 0.29) is 12.4 Å². The average Bonchev–Trinajstić information content (AvgIpc) is 3.09. The molecule has 0 aliphatic heterocycles. The molecule has 3 heterocycles. The molecule has 0 saturated heterocycles. The molecule has 23 heavy (non-hydrogen) atoms. The highest BCUT2D eigenvalue weighted by molar-refractivity contribution is 7.20. The first kappa shape index (κ1) is 15.7. The molecule has 5 nitrogen and oxygen atoms in total. The lowest BCUT2D eigenvalue weighted by molar-refractivity contribution is 0.108. The van der Waals surface area contributed by atoms with Gasteiger partial charge in [-0.3, -0.25) is 4.79 Å². The molecule has 0 spiro atoms. The summed E-state index contributed by atoms with van der Waals surface area (Å²) in [6.45, 7) is 0. The third kappa shape index (κ3) is 2.88. The Hall–Kier alpha value is -2.15. The second-order valence-electron chi connectivity index (χ2n) is 4.49. The molecule has 0 saturated carbocycles. The quantitative estimate of drug-likeness (QED) is 0.475. The second kappa shape index (κ2) is 6.16. The molecule has 0 atom stereocenters. The van der Waals surface area contributed by atoms with Gasteiger partial charge in [-0.05, 0) is 35.9 Å². The number of hydrogen-bond donors (Lipinski definition) is 0. The summed E-state index contributed by atoms with van der Waals surface area (Å²) >= 11 is 6.90. The minimum Gasteiger partial charge on any atom is -0.463 e. The SMILES string of the molecule is Cl.O=C(Cl)c1coc2cc(Oc3nc4ncccc4s3)ccc12. The van der Waals surface area contributed by atoms with Gasteiger partial charge in [0.25, 0.3) is 10.4 Å². The molecule has 0 unspecified atom stereocenters. The van der Waals surface area contributed by atoms with Crippen LogP contribution in [0.4, 0.5) is 0 Å². The molecular weight excluding hydrogens is 359 g/mol. The maximum atomic E-state index is 11.3. The molecule has 116 valence electrons. The number of carbonyl (C=O) groups excluding carboxylic acids is 1. The van der Waals surface area contributed by atoms with Gasteiger partial charge < -0.3 is 9.15 Å². The molecular formula is C15H8Cl2N2O3S. The molecule has 4 rings (SSSR count). The van der Waals surface area contributed by atoms with Crippen molar-refractivity contribution in [3.05, 3.63) is 48.4 Å². The fraction of sp³-hybridized carbons (Fsp3) is 0. The molecule has 0 aliphatic rings. The molecule has 4 aromatic rings. The Bertz CT molecular complexity index is 979. The van der Waals surface area contributed by atoms with Gasteiger partial charge in [0.2, 0.25) is 0 Å². The van der Waals surface area contributed by atoms with Crippen LogP contribution in [0, 0.1) is 0 Å². The number of benzene rings is 1. The van der Waals surface area contributed by atoms with E-state index < -0.39 is 5.24 Å². The first-order valence-corrected chi connectivity index (χ1v) is 7.50. The number of thiazole rings is 1. The summed E-state index contributed by atoms with van der Waals surface area (Å²) in [6.07, 6.45) is 3.02. The number of aromatic nitrogens is 2. The third-order valence-electron chi connectivity index (χ3n) is 3.11. The number of ether oxygens (including phenoxy) is 1. The van der Waals surface area contributed by atoms with Crippen molar-refractivity contribution in [3.63, 3.8) is 0 Å². The molecule has 0 fully saturated rings. The summed E-state index contributed by atoms with van der Waals surface area (Å²) < 4.78 is 12.0. The summed E-state index contributed by atoms with van der Waals surface area (Å²) in [6, 6.07) is 8.94. The Morgan fingerprint density at radius 2 is 2.17 bits per heavy atom. The lowest BCUT2D eigenvalue weighted by Crippen LogP contribution is -1.86. The highest BCUT2D eigenvalue weighted by atomic mass is 35.5. The number of halogens is 2. The third-order valence-corrected chi connectivity index (χ3v) is 4.20. The Morgan fingerprint density at radius 3 is 2.96 bits per heavy atom. The zero-order valence-electron chi connectivity index (χ0n) is 11.4. The van der Waals surface area contributed by atoms with Gasteiger partial charge in [0.05, 0.1) is 10.3 Å². The average molecular weight is 367 g/mol. The van der Waals surface area contributed by atoms with Crippen molar-refractivity contribution in [3.8, 4) is 10.9 Å². The van der Waals surface area contributed by atoms with E-state index in [1.807, 2.05) is 12.1 Å². The lowest BCUT2D eigenvalue weighted by atomic mass is 10.2. The molecule has 0 aliphatic carbocycles. The fourth-order valence-electron chi connectivity index (χ4n) is 2.12. The normalized spacial score (nSPS) is 10.7. The minimum absolute atomic E-state index is 0. The van der Waals surface area contributed by atoms with Gasteiger partial charge in [-0.15, -0.1) is 12.4 Å². The fourth-order valence-corrected chi connectivity index (χ4v) is 3.06. The van der Waals surface area contributed by atoms with Crippen LogP contribution in [-0.2, 0) is 0 Å². The van der Waals surface area contributed by atoms with Crippen LogP contribution in [0.25, 0.3) is 21.3 Å². The van der Waals surface area contributed by atoms with Crippen LogP contribution in [0.1, 0.15) is 10.4 Å². The molecule has 0 radical (unpaired) electrons. The Morgan fingerprint density at radius 1 is 1.30 bits per heavy atom. The zero-order valence-corrected chi connectivity index (χ0v) is 13.7. The van der Waals surface area contributed by atoms with Gasteiger partial charge in [-0.1, -0.05) is 11.3 Å². The van der Waals surface area contributed by atoms with Crippen molar-refractivity contribution >= 4 is 61.9 Å². The minimum atomic E-state index is -0.551. The topological polar surface area (TPSA) is 65.2 Å². The number of carbonyl (C=O) groups is 1. The van der Waals surface area contributed by atoms with Crippen molar-refractivity contribution < 1.29 is 13.9 Å². The van der Waals surface area contributed by atoms with Gasteiger partial charge in [-0.2, -0.15) is 4.98 Å². The van der Waals surface area contributed by atoms with Crippen molar-refractivity contribution in [2.45, 2.75) is 0 Å². The van der Waals surface area contributed by atoms with E-state index in [1.165, 1.54) is 17.6 Å². The first-order chi connectivity index (χ1) is 10.7. The number of rotatable bonds is 3. The Balaban J connectivity index is 0.00000156. The summed E-state index contributed by atoms with van der Waals surface area (Å²) in [7, 11) is 0. The van der Waals surface area contributed by atoms with Crippen LogP contribution in [-0.4, -0.2) is 15.2 Å². The zero-order chi connectivity index (χ0) is 15.1. The molecule has 8 heteroatoms. The molecule has 3 aromatic heterocycles. The smallest absolute Gasteiger partial charge is 0.281 e.